The lowest BCUT2D eigenvalue weighted by Crippen LogP contribution is -2.10. The standard InChI is InChI=1S/C26H19ClN2O2S/c1-16-6-9-18(15-20(16)27)22-12-13-23(31-22)26(30)28-19-10-7-17(8-11-19)14-25-29-21-4-2-3-5-24(21)32-25/h2-13,15H,14H2,1H3,(H,28,30). The molecule has 5 aromatic rings. The molecule has 32 heavy (non-hydrogen) atoms. The Hall–Kier alpha value is -3.41. The summed E-state index contributed by atoms with van der Waals surface area (Å²) in [4.78, 5) is 17.3. The fraction of sp³-hybridized carbons (Fsp3) is 0.0769. The predicted molar refractivity (Wildman–Crippen MR) is 131 cm³/mol. The molecule has 1 N–H and O–H groups in total. The first kappa shape index (κ1) is 20.5. The van der Waals surface area contributed by atoms with Gasteiger partial charge in [-0.2, -0.15) is 0 Å². The zero-order valence-electron chi connectivity index (χ0n) is 17.3. The van der Waals surface area contributed by atoms with Crippen molar-refractivity contribution in [3.8, 4) is 11.3 Å². The molecule has 4 nitrogen and oxygen atoms in total. The van der Waals surface area contributed by atoms with Crippen molar-refractivity contribution in [3.05, 3.63) is 106 Å². The molecule has 0 radical (unpaired) electrons. The average Bonchev–Trinajstić information content (AvgIpc) is 3.44. The molecule has 0 saturated carbocycles. The van der Waals surface area contributed by atoms with Crippen LogP contribution in [0.1, 0.15) is 26.7 Å². The van der Waals surface area contributed by atoms with Gasteiger partial charge < -0.3 is 9.73 Å². The van der Waals surface area contributed by atoms with Crippen molar-refractivity contribution in [1.82, 2.24) is 4.98 Å². The van der Waals surface area contributed by atoms with Crippen molar-refractivity contribution < 1.29 is 9.21 Å². The Kier molecular flexibility index (Phi) is 5.52. The Labute approximate surface area is 194 Å². The summed E-state index contributed by atoms with van der Waals surface area (Å²) in [6.45, 7) is 1.94. The molecule has 1 amide bonds. The number of anilines is 1. The number of fused-ring (bicyclic) bond motifs is 1. The first-order valence-corrected chi connectivity index (χ1v) is 11.4. The Morgan fingerprint density at radius 2 is 1.84 bits per heavy atom. The lowest BCUT2D eigenvalue weighted by Gasteiger charge is -2.05. The quantitative estimate of drug-likeness (QED) is 0.299. The van der Waals surface area contributed by atoms with Crippen LogP contribution in [0, 0.1) is 6.92 Å². The molecule has 5 rings (SSSR count). The van der Waals surface area contributed by atoms with Gasteiger partial charge in [0.15, 0.2) is 5.76 Å². The van der Waals surface area contributed by atoms with Crippen molar-refractivity contribution in [2.24, 2.45) is 0 Å². The number of aryl methyl sites for hydroxylation is 1. The van der Waals surface area contributed by atoms with Gasteiger partial charge in [0.1, 0.15) is 5.76 Å². The van der Waals surface area contributed by atoms with Gasteiger partial charge in [-0.15, -0.1) is 11.3 Å². The third-order valence-corrected chi connectivity index (χ3v) is 6.64. The number of amides is 1. The monoisotopic (exact) mass is 458 g/mol. The molecule has 0 fully saturated rings. The zero-order chi connectivity index (χ0) is 22.1. The maximum absolute atomic E-state index is 12.6. The van der Waals surface area contributed by atoms with Gasteiger partial charge in [0.2, 0.25) is 0 Å². The number of carbonyl (C=O) groups excluding carboxylic acids is 1. The minimum absolute atomic E-state index is 0.246. The Bertz CT molecular complexity index is 1390. The van der Waals surface area contributed by atoms with Gasteiger partial charge in [-0.3, -0.25) is 4.79 Å². The second kappa shape index (κ2) is 8.61. The molecular weight excluding hydrogens is 440 g/mol. The summed E-state index contributed by atoms with van der Waals surface area (Å²) in [6.07, 6.45) is 0.758. The number of thiazole rings is 1. The van der Waals surface area contributed by atoms with Crippen LogP contribution < -0.4 is 5.32 Å². The number of hydrogen-bond donors (Lipinski definition) is 1. The Balaban J connectivity index is 1.25. The number of furan rings is 1. The number of para-hydroxylation sites is 1. The van der Waals surface area contributed by atoms with Gasteiger partial charge in [-0.05, 0) is 60.5 Å². The zero-order valence-corrected chi connectivity index (χ0v) is 18.8. The third kappa shape index (κ3) is 4.31. The summed E-state index contributed by atoms with van der Waals surface area (Å²) >= 11 is 7.91. The first-order chi connectivity index (χ1) is 15.5. The molecule has 6 heteroatoms. The van der Waals surface area contributed by atoms with Crippen LogP contribution in [0.5, 0.6) is 0 Å². The fourth-order valence-corrected chi connectivity index (χ4v) is 4.61. The smallest absolute Gasteiger partial charge is 0.291 e. The van der Waals surface area contributed by atoms with E-state index in [2.05, 4.69) is 16.4 Å². The van der Waals surface area contributed by atoms with Crippen LogP contribution in [-0.2, 0) is 6.42 Å². The molecule has 158 valence electrons. The molecule has 0 bridgehead atoms. The molecule has 0 saturated heterocycles. The lowest BCUT2D eigenvalue weighted by atomic mass is 10.1. The highest BCUT2D eigenvalue weighted by Gasteiger charge is 2.13. The molecule has 2 aromatic heterocycles. The Morgan fingerprint density at radius 3 is 2.62 bits per heavy atom. The van der Waals surface area contributed by atoms with Crippen molar-refractivity contribution in [2.75, 3.05) is 5.32 Å². The lowest BCUT2D eigenvalue weighted by molar-refractivity contribution is 0.0997. The number of nitrogens with one attached hydrogen (secondary N) is 1. The van der Waals surface area contributed by atoms with Gasteiger partial charge in [-0.1, -0.05) is 48.0 Å². The maximum Gasteiger partial charge on any atom is 0.291 e. The van der Waals surface area contributed by atoms with Crippen LogP contribution in [0.4, 0.5) is 5.69 Å². The number of nitrogens with zero attached hydrogens (tertiary/aromatic N) is 1. The van der Waals surface area contributed by atoms with Crippen LogP contribution in [0.25, 0.3) is 21.5 Å². The summed E-state index contributed by atoms with van der Waals surface area (Å²) in [5.41, 5.74) is 4.70. The summed E-state index contributed by atoms with van der Waals surface area (Å²) in [5, 5.41) is 4.62. The highest BCUT2D eigenvalue weighted by atomic mass is 35.5. The van der Waals surface area contributed by atoms with Gasteiger partial charge in [0.05, 0.1) is 15.2 Å². The molecule has 0 atom stereocenters. The topological polar surface area (TPSA) is 55.1 Å². The van der Waals surface area contributed by atoms with E-state index in [0.29, 0.717) is 16.5 Å². The van der Waals surface area contributed by atoms with Crippen molar-refractivity contribution in [1.29, 1.82) is 0 Å². The largest absolute Gasteiger partial charge is 0.451 e. The summed E-state index contributed by atoms with van der Waals surface area (Å²) in [6, 6.07) is 25.1. The molecule has 2 heterocycles. The van der Waals surface area contributed by atoms with Crippen LogP contribution in [0.15, 0.2) is 83.3 Å². The van der Waals surface area contributed by atoms with Crippen LogP contribution in [0.3, 0.4) is 0 Å². The highest BCUT2D eigenvalue weighted by Crippen LogP contribution is 2.28. The van der Waals surface area contributed by atoms with Crippen LogP contribution in [0.2, 0.25) is 5.02 Å². The number of halogens is 1. The second-order valence-corrected chi connectivity index (χ2v) is 9.05. The van der Waals surface area contributed by atoms with Crippen molar-refractivity contribution in [2.45, 2.75) is 13.3 Å². The number of rotatable bonds is 5. The van der Waals surface area contributed by atoms with Gasteiger partial charge in [0, 0.05) is 22.7 Å². The summed E-state index contributed by atoms with van der Waals surface area (Å²) < 4.78 is 6.94. The predicted octanol–water partition coefficient (Wildman–Crippen LogP) is 7.36. The van der Waals surface area contributed by atoms with E-state index in [1.807, 2.05) is 67.6 Å². The average molecular weight is 459 g/mol. The maximum atomic E-state index is 12.6. The minimum Gasteiger partial charge on any atom is -0.451 e. The number of carbonyl (C=O) groups is 1. The summed E-state index contributed by atoms with van der Waals surface area (Å²) in [5.74, 6) is 0.548. The van der Waals surface area contributed by atoms with E-state index in [9.17, 15) is 4.79 Å². The molecular formula is C26H19ClN2O2S. The van der Waals surface area contributed by atoms with E-state index in [1.165, 1.54) is 4.70 Å². The van der Waals surface area contributed by atoms with E-state index in [1.54, 1.807) is 23.5 Å². The SMILES string of the molecule is Cc1ccc(-c2ccc(C(=O)Nc3ccc(Cc4nc5ccccc5s4)cc3)o2)cc1Cl. The molecule has 0 aliphatic heterocycles. The van der Waals surface area contributed by atoms with Crippen molar-refractivity contribution >= 4 is 44.7 Å². The fourth-order valence-electron chi connectivity index (χ4n) is 3.43. The summed E-state index contributed by atoms with van der Waals surface area (Å²) in [7, 11) is 0. The van der Waals surface area contributed by atoms with E-state index in [-0.39, 0.29) is 11.7 Å². The number of aromatic nitrogens is 1. The molecule has 0 aliphatic carbocycles. The van der Waals surface area contributed by atoms with Gasteiger partial charge in [0.25, 0.3) is 5.91 Å². The normalized spacial score (nSPS) is 11.1. The van der Waals surface area contributed by atoms with E-state index < -0.39 is 0 Å². The molecule has 0 spiro atoms. The third-order valence-electron chi connectivity index (χ3n) is 5.19. The van der Waals surface area contributed by atoms with Crippen LogP contribution in [-0.4, -0.2) is 10.9 Å². The van der Waals surface area contributed by atoms with Gasteiger partial charge >= 0.3 is 0 Å². The molecule has 0 aliphatic rings. The highest BCUT2D eigenvalue weighted by molar-refractivity contribution is 7.18. The van der Waals surface area contributed by atoms with E-state index in [4.69, 9.17) is 16.0 Å². The second-order valence-electron chi connectivity index (χ2n) is 7.53. The van der Waals surface area contributed by atoms with E-state index >= 15 is 0 Å². The van der Waals surface area contributed by atoms with E-state index in [0.717, 1.165) is 33.6 Å². The minimum atomic E-state index is -0.298. The van der Waals surface area contributed by atoms with Crippen molar-refractivity contribution in [3.63, 3.8) is 0 Å². The number of hydrogen-bond acceptors (Lipinski definition) is 4. The first-order valence-electron chi connectivity index (χ1n) is 10.2. The number of benzene rings is 3. The molecule has 3 aromatic carbocycles. The van der Waals surface area contributed by atoms with Gasteiger partial charge in [-0.25, -0.2) is 4.98 Å². The molecule has 0 unspecified atom stereocenters. The van der Waals surface area contributed by atoms with Crippen LogP contribution >= 0.6 is 22.9 Å². The Morgan fingerprint density at radius 1 is 1.03 bits per heavy atom.